The summed E-state index contributed by atoms with van der Waals surface area (Å²) in [5, 5.41) is 9.53. The lowest BCUT2D eigenvalue weighted by Crippen LogP contribution is -1.97. The second-order valence-electron chi connectivity index (χ2n) is 3.26. The van der Waals surface area contributed by atoms with E-state index in [2.05, 4.69) is 42.1 Å². The highest BCUT2D eigenvalue weighted by Gasteiger charge is 2.12. The van der Waals surface area contributed by atoms with Crippen LogP contribution in [-0.4, -0.2) is 14.8 Å². The lowest BCUT2D eigenvalue weighted by molar-refractivity contribution is 0.859. The molecule has 0 aliphatic rings. The van der Waals surface area contributed by atoms with Crippen LogP contribution in [0.4, 0.5) is 0 Å². The molecule has 6 heteroatoms. The van der Waals surface area contributed by atoms with Crippen LogP contribution in [0, 0.1) is 0 Å². The van der Waals surface area contributed by atoms with E-state index in [4.69, 9.17) is 11.6 Å². The molecule has 0 spiro atoms. The Morgan fingerprint density at radius 2 is 2.12 bits per heavy atom. The van der Waals surface area contributed by atoms with Crippen LogP contribution in [-0.2, 0) is 12.4 Å². The molecule has 0 amide bonds. The van der Waals surface area contributed by atoms with Crippen molar-refractivity contribution >= 4 is 43.5 Å². The van der Waals surface area contributed by atoms with Crippen LogP contribution >= 0.6 is 43.5 Å². The maximum Gasteiger partial charge on any atom is 0.165 e. The van der Waals surface area contributed by atoms with E-state index in [0.29, 0.717) is 10.4 Å². The standard InChI is InChI=1S/C10H8Br2ClN3/c1-16-9(5-11)14-15-10(16)7-3-2-6(12)4-8(7)13/h2-4H,5H2,1H3. The van der Waals surface area contributed by atoms with Gasteiger partial charge in [-0.1, -0.05) is 43.5 Å². The topological polar surface area (TPSA) is 30.7 Å². The predicted molar refractivity (Wildman–Crippen MR) is 71.8 cm³/mol. The molecule has 0 saturated heterocycles. The molecule has 2 rings (SSSR count). The van der Waals surface area contributed by atoms with Crippen molar-refractivity contribution in [3.8, 4) is 11.4 Å². The average Bonchev–Trinajstić information content (AvgIpc) is 2.60. The van der Waals surface area contributed by atoms with Gasteiger partial charge in [-0.05, 0) is 18.2 Å². The summed E-state index contributed by atoms with van der Waals surface area (Å²) in [6.45, 7) is 0. The van der Waals surface area contributed by atoms with Crippen molar-refractivity contribution < 1.29 is 0 Å². The van der Waals surface area contributed by atoms with Gasteiger partial charge in [-0.3, -0.25) is 0 Å². The second-order valence-corrected chi connectivity index (χ2v) is 5.14. The number of halogens is 3. The van der Waals surface area contributed by atoms with E-state index in [9.17, 15) is 0 Å². The first-order chi connectivity index (χ1) is 7.63. The third-order valence-electron chi connectivity index (χ3n) is 2.26. The zero-order valence-electron chi connectivity index (χ0n) is 8.41. The van der Waals surface area contributed by atoms with E-state index in [1.165, 1.54) is 0 Å². The number of hydrogen-bond acceptors (Lipinski definition) is 2. The van der Waals surface area contributed by atoms with Gasteiger partial charge in [0.25, 0.3) is 0 Å². The van der Waals surface area contributed by atoms with Crippen molar-refractivity contribution in [3.63, 3.8) is 0 Å². The van der Waals surface area contributed by atoms with E-state index < -0.39 is 0 Å². The molecule has 1 aromatic carbocycles. The summed E-state index contributed by atoms with van der Waals surface area (Å²) in [6.07, 6.45) is 0. The monoisotopic (exact) mass is 363 g/mol. The molecule has 0 unspecified atom stereocenters. The summed E-state index contributed by atoms with van der Waals surface area (Å²) in [5.74, 6) is 1.64. The van der Waals surface area contributed by atoms with Crippen LogP contribution in [0.5, 0.6) is 0 Å². The van der Waals surface area contributed by atoms with E-state index in [-0.39, 0.29) is 0 Å². The molecular weight excluding hydrogens is 357 g/mol. The van der Waals surface area contributed by atoms with Crippen LogP contribution in [0.3, 0.4) is 0 Å². The molecule has 1 aromatic heterocycles. The third kappa shape index (κ3) is 2.17. The molecule has 0 radical (unpaired) electrons. The molecule has 84 valence electrons. The van der Waals surface area contributed by atoms with Gasteiger partial charge in [0.05, 0.1) is 10.4 Å². The molecule has 1 heterocycles. The Hall–Kier alpha value is -0.390. The fraction of sp³-hybridized carbons (Fsp3) is 0.200. The van der Waals surface area contributed by atoms with Crippen molar-refractivity contribution in [2.24, 2.45) is 7.05 Å². The van der Waals surface area contributed by atoms with Crippen molar-refractivity contribution in [3.05, 3.63) is 33.5 Å². The van der Waals surface area contributed by atoms with E-state index in [1.54, 1.807) is 0 Å². The highest BCUT2D eigenvalue weighted by atomic mass is 79.9. The van der Waals surface area contributed by atoms with Crippen molar-refractivity contribution in [1.82, 2.24) is 14.8 Å². The largest absolute Gasteiger partial charge is 0.313 e. The Bertz CT molecular complexity index is 525. The van der Waals surface area contributed by atoms with Gasteiger partial charge in [-0.2, -0.15) is 0 Å². The molecular formula is C10H8Br2ClN3. The van der Waals surface area contributed by atoms with Gasteiger partial charge >= 0.3 is 0 Å². The van der Waals surface area contributed by atoms with Crippen LogP contribution in [0.15, 0.2) is 22.7 Å². The number of aromatic nitrogens is 3. The third-order valence-corrected chi connectivity index (χ3v) is 3.56. The summed E-state index contributed by atoms with van der Waals surface area (Å²) in [4.78, 5) is 0. The highest BCUT2D eigenvalue weighted by molar-refractivity contribution is 9.10. The summed E-state index contributed by atoms with van der Waals surface area (Å²) in [6, 6.07) is 5.71. The van der Waals surface area contributed by atoms with Gasteiger partial charge in [0, 0.05) is 17.1 Å². The Morgan fingerprint density at radius 3 is 2.69 bits per heavy atom. The van der Waals surface area contributed by atoms with Gasteiger partial charge < -0.3 is 4.57 Å². The molecule has 0 fully saturated rings. The smallest absolute Gasteiger partial charge is 0.165 e. The SMILES string of the molecule is Cn1c(CBr)nnc1-c1ccc(Br)cc1Cl. The highest BCUT2D eigenvalue weighted by Crippen LogP contribution is 2.29. The Morgan fingerprint density at radius 1 is 1.38 bits per heavy atom. The minimum atomic E-state index is 0.658. The number of rotatable bonds is 2. The fourth-order valence-electron chi connectivity index (χ4n) is 1.38. The minimum absolute atomic E-state index is 0.658. The molecule has 3 nitrogen and oxygen atoms in total. The van der Waals surface area contributed by atoms with Crippen molar-refractivity contribution in [2.45, 2.75) is 5.33 Å². The van der Waals surface area contributed by atoms with Crippen LogP contribution in [0.25, 0.3) is 11.4 Å². The first kappa shape index (κ1) is 12.1. The average molecular weight is 365 g/mol. The number of nitrogens with zero attached hydrogens (tertiary/aromatic N) is 3. The first-order valence-electron chi connectivity index (χ1n) is 4.53. The van der Waals surface area contributed by atoms with E-state index >= 15 is 0 Å². The van der Waals surface area contributed by atoms with Gasteiger partial charge in [-0.15, -0.1) is 10.2 Å². The molecule has 0 aliphatic carbocycles. The number of benzene rings is 1. The summed E-state index contributed by atoms with van der Waals surface area (Å²) in [5.41, 5.74) is 0.882. The van der Waals surface area contributed by atoms with Gasteiger partial charge in [0.1, 0.15) is 5.82 Å². The number of hydrogen-bond donors (Lipinski definition) is 0. The van der Waals surface area contributed by atoms with Crippen LogP contribution in [0.1, 0.15) is 5.82 Å². The predicted octanol–water partition coefficient (Wildman–Crippen LogP) is 3.79. The molecule has 0 aliphatic heterocycles. The Labute approximate surface area is 115 Å². The normalized spacial score (nSPS) is 10.8. The van der Waals surface area contributed by atoms with E-state index in [0.717, 1.165) is 21.7 Å². The zero-order chi connectivity index (χ0) is 11.7. The summed E-state index contributed by atoms with van der Waals surface area (Å²) < 4.78 is 2.87. The first-order valence-corrected chi connectivity index (χ1v) is 6.82. The zero-order valence-corrected chi connectivity index (χ0v) is 12.3. The van der Waals surface area contributed by atoms with Crippen LogP contribution in [0.2, 0.25) is 5.02 Å². The maximum absolute atomic E-state index is 6.17. The van der Waals surface area contributed by atoms with Gasteiger partial charge in [0.2, 0.25) is 0 Å². The lowest BCUT2D eigenvalue weighted by Gasteiger charge is -2.04. The molecule has 2 aromatic rings. The van der Waals surface area contributed by atoms with Crippen molar-refractivity contribution in [1.29, 1.82) is 0 Å². The fourth-order valence-corrected chi connectivity index (χ4v) is 2.63. The van der Waals surface area contributed by atoms with Crippen molar-refractivity contribution in [2.75, 3.05) is 0 Å². The second kappa shape index (κ2) is 4.85. The molecule has 16 heavy (non-hydrogen) atoms. The van der Waals surface area contributed by atoms with Gasteiger partial charge in [0.15, 0.2) is 5.82 Å². The molecule has 0 N–H and O–H groups in total. The van der Waals surface area contributed by atoms with Gasteiger partial charge in [-0.25, -0.2) is 0 Å². The Balaban J connectivity index is 2.54. The maximum atomic E-state index is 6.17. The summed E-state index contributed by atoms with van der Waals surface area (Å²) in [7, 11) is 1.92. The number of alkyl halides is 1. The van der Waals surface area contributed by atoms with Crippen LogP contribution < -0.4 is 0 Å². The Kier molecular flexibility index (Phi) is 3.66. The molecule has 0 bridgehead atoms. The lowest BCUT2D eigenvalue weighted by atomic mass is 10.2. The van der Waals surface area contributed by atoms with E-state index in [1.807, 2.05) is 29.8 Å². The quantitative estimate of drug-likeness (QED) is 0.758. The molecule has 0 saturated carbocycles. The summed E-state index contributed by atoms with van der Waals surface area (Å²) >= 11 is 12.9. The minimum Gasteiger partial charge on any atom is -0.313 e. The molecule has 0 atom stereocenters.